The highest BCUT2D eigenvalue weighted by Crippen LogP contribution is 2.34. The zero-order valence-electron chi connectivity index (χ0n) is 15.1. The van der Waals surface area contributed by atoms with Gasteiger partial charge in [0.2, 0.25) is 3.79 Å². The molecule has 2 aromatic rings. The number of hydrogen-bond donors (Lipinski definition) is 3. The van der Waals surface area contributed by atoms with Gasteiger partial charge in [-0.3, -0.25) is 25.0 Å². The monoisotopic (exact) mass is 507 g/mol. The van der Waals surface area contributed by atoms with Crippen LogP contribution in [-0.2, 0) is 0 Å². The number of rotatable bonds is 6. The van der Waals surface area contributed by atoms with Gasteiger partial charge in [0.15, 0.2) is 6.17 Å². The first-order valence-corrected chi connectivity index (χ1v) is 9.59. The number of thiol groups is 1. The number of urea groups is 1. The number of carbonyl (C=O) groups is 2. The fourth-order valence-electron chi connectivity index (χ4n) is 2.30. The average Bonchev–Trinajstić information content (AvgIpc) is 2.70. The molecule has 0 aromatic heterocycles. The van der Waals surface area contributed by atoms with Crippen LogP contribution in [0.15, 0.2) is 48.5 Å². The van der Waals surface area contributed by atoms with Crippen molar-refractivity contribution in [1.29, 1.82) is 0 Å². The molecule has 3 amide bonds. The molecule has 0 aliphatic heterocycles. The molecule has 2 rings (SSSR count). The van der Waals surface area contributed by atoms with E-state index in [1.807, 2.05) is 0 Å². The molecular formula is C16H12Cl3N5O6S. The lowest BCUT2D eigenvalue weighted by Gasteiger charge is -2.32. The van der Waals surface area contributed by atoms with Crippen molar-refractivity contribution >= 4 is 76.6 Å². The van der Waals surface area contributed by atoms with Crippen LogP contribution >= 0.6 is 47.6 Å². The third-order valence-electron chi connectivity index (χ3n) is 3.68. The second kappa shape index (κ2) is 10.0. The smallest absolute Gasteiger partial charge is 0.327 e. The standard InChI is InChI=1S/C16H12Cl3N5O6S/c17-16(18,19)14(21-13(25)11-6-1-2-7-12(11)24(29)30)22(31)15(26)20-9-4-3-5-10(8-9)23(27)28/h1-8,14,31H,(H,20,26)(H,21,25). The Morgan fingerprint density at radius 3 is 2.26 bits per heavy atom. The SMILES string of the molecule is O=C(NC(N(S)C(=O)Nc1cccc([N+](=O)[O-])c1)C(Cl)(Cl)Cl)c1ccccc1[N+](=O)[O-]. The lowest BCUT2D eigenvalue weighted by molar-refractivity contribution is -0.385. The van der Waals surface area contributed by atoms with E-state index in [0.29, 0.717) is 4.31 Å². The molecule has 0 saturated heterocycles. The number of nitrogens with one attached hydrogen (secondary N) is 2. The average molecular weight is 509 g/mol. The summed E-state index contributed by atoms with van der Waals surface area (Å²) >= 11 is 21.5. The van der Waals surface area contributed by atoms with Crippen molar-refractivity contribution in [3.05, 3.63) is 74.3 Å². The normalized spacial score (nSPS) is 11.9. The molecule has 2 N–H and O–H groups in total. The van der Waals surface area contributed by atoms with Crippen molar-refractivity contribution in [3.8, 4) is 0 Å². The molecule has 0 heterocycles. The fourth-order valence-corrected chi connectivity index (χ4v) is 3.25. The van der Waals surface area contributed by atoms with Gasteiger partial charge in [-0.05, 0) is 12.1 Å². The van der Waals surface area contributed by atoms with Gasteiger partial charge < -0.3 is 10.6 Å². The molecule has 164 valence electrons. The van der Waals surface area contributed by atoms with Gasteiger partial charge in [-0.25, -0.2) is 9.10 Å². The minimum Gasteiger partial charge on any atom is -0.327 e. The third-order valence-corrected chi connectivity index (χ3v) is 4.72. The Hall–Kier alpha value is -2.80. The molecule has 15 heteroatoms. The van der Waals surface area contributed by atoms with Gasteiger partial charge in [-0.2, -0.15) is 0 Å². The second-order valence-electron chi connectivity index (χ2n) is 5.77. The number of anilines is 1. The Balaban J connectivity index is 2.25. The van der Waals surface area contributed by atoms with Crippen molar-refractivity contribution < 1.29 is 19.4 Å². The minimum atomic E-state index is -2.30. The van der Waals surface area contributed by atoms with E-state index in [1.54, 1.807) is 0 Å². The van der Waals surface area contributed by atoms with Crippen LogP contribution in [0.2, 0.25) is 0 Å². The largest absolute Gasteiger partial charge is 0.333 e. The maximum Gasteiger partial charge on any atom is 0.333 e. The van der Waals surface area contributed by atoms with Crippen LogP contribution in [0.25, 0.3) is 0 Å². The number of carbonyl (C=O) groups excluding carboxylic acids is 2. The van der Waals surface area contributed by atoms with E-state index in [-0.39, 0.29) is 16.9 Å². The minimum absolute atomic E-state index is 0.0336. The Morgan fingerprint density at radius 1 is 1.03 bits per heavy atom. The van der Waals surface area contributed by atoms with E-state index in [1.165, 1.54) is 36.4 Å². The topological polar surface area (TPSA) is 148 Å². The van der Waals surface area contributed by atoms with Crippen LogP contribution in [0.1, 0.15) is 10.4 Å². The van der Waals surface area contributed by atoms with Gasteiger partial charge >= 0.3 is 6.03 Å². The summed E-state index contributed by atoms with van der Waals surface area (Å²) in [5.74, 6) is -1.01. The number of amides is 3. The van der Waals surface area contributed by atoms with E-state index in [0.717, 1.165) is 12.1 Å². The molecule has 0 fully saturated rings. The van der Waals surface area contributed by atoms with Crippen molar-refractivity contribution in [1.82, 2.24) is 9.62 Å². The highest BCUT2D eigenvalue weighted by atomic mass is 35.6. The van der Waals surface area contributed by atoms with E-state index < -0.39 is 37.4 Å². The Bertz CT molecular complexity index is 1030. The van der Waals surface area contributed by atoms with Crippen LogP contribution in [0, 0.1) is 20.2 Å². The lowest BCUT2D eigenvalue weighted by Crippen LogP contribution is -2.54. The molecular weight excluding hydrogens is 497 g/mol. The van der Waals surface area contributed by atoms with Gasteiger partial charge in [-0.1, -0.05) is 65.8 Å². The summed E-state index contributed by atoms with van der Waals surface area (Å²) in [7, 11) is 0. The van der Waals surface area contributed by atoms with Crippen LogP contribution in [0.4, 0.5) is 21.9 Å². The molecule has 0 bridgehead atoms. The molecule has 31 heavy (non-hydrogen) atoms. The summed E-state index contributed by atoms with van der Waals surface area (Å²) in [4.78, 5) is 45.7. The number of para-hydroxylation sites is 1. The number of hydrogen-bond acceptors (Lipinski definition) is 7. The summed E-state index contributed by atoms with van der Waals surface area (Å²) in [5, 5.41) is 26.5. The fraction of sp³-hybridized carbons (Fsp3) is 0.125. The molecule has 0 aliphatic rings. The van der Waals surface area contributed by atoms with Gasteiger partial charge in [0.05, 0.1) is 9.85 Å². The predicted octanol–water partition coefficient (Wildman–Crippen LogP) is 4.31. The molecule has 0 spiro atoms. The number of nitro benzene ring substituents is 2. The van der Waals surface area contributed by atoms with Crippen molar-refractivity contribution in [2.24, 2.45) is 0 Å². The molecule has 0 aliphatic carbocycles. The zero-order chi connectivity index (χ0) is 23.3. The number of alkyl halides is 3. The first-order valence-electron chi connectivity index (χ1n) is 8.06. The van der Waals surface area contributed by atoms with Gasteiger partial charge in [-0.15, -0.1) is 0 Å². The summed E-state index contributed by atoms with van der Waals surface area (Å²) < 4.78 is -1.78. The van der Waals surface area contributed by atoms with E-state index in [4.69, 9.17) is 34.8 Å². The Morgan fingerprint density at radius 2 is 1.68 bits per heavy atom. The molecule has 1 unspecified atom stereocenters. The van der Waals surface area contributed by atoms with Crippen LogP contribution in [0.3, 0.4) is 0 Å². The van der Waals surface area contributed by atoms with Crippen LogP contribution in [0.5, 0.6) is 0 Å². The lowest BCUT2D eigenvalue weighted by atomic mass is 10.1. The summed E-state index contributed by atoms with van der Waals surface area (Å²) in [5.41, 5.74) is -1.10. The van der Waals surface area contributed by atoms with Gasteiger partial charge in [0, 0.05) is 23.9 Å². The van der Waals surface area contributed by atoms with Crippen molar-refractivity contribution in [2.45, 2.75) is 9.96 Å². The summed E-state index contributed by atoms with van der Waals surface area (Å²) in [6.45, 7) is 0. The molecule has 11 nitrogen and oxygen atoms in total. The number of non-ortho nitro benzene ring substituents is 1. The molecule has 1 atom stereocenters. The first-order chi connectivity index (χ1) is 14.4. The maximum atomic E-state index is 12.6. The first kappa shape index (κ1) is 24.5. The Kier molecular flexibility index (Phi) is 7.90. The van der Waals surface area contributed by atoms with Gasteiger partial charge in [0.25, 0.3) is 17.3 Å². The number of halogens is 3. The predicted molar refractivity (Wildman–Crippen MR) is 118 cm³/mol. The third kappa shape index (κ3) is 6.34. The zero-order valence-corrected chi connectivity index (χ0v) is 18.2. The van der Waals surface area contributed by atoms with Gasteiger partial charge in [0.1, 0.15) is 5.56 Å². The van der Waals surface area contributed by atoms with Crippen LogP contribution < -0.4 is 10.6 Å². The summed E-state index contributed by atoms with van der Waals surface area (Å²) in [6.07, 6.45) is -1.69. The number of benzene rings is 2. The molecule has 0 radical (unpaired) electrons. The molecule has 2 aromatic carbocycles. The van der Waals surface area contributed by atoms with E-state index >= 15 is 0 Å². The highest BCUT2D eigenvalue weighted by Gasteiger charge is 2.41. The van der Waals surface area contributed by atoms with E-state index in [9.17, 15) is 29.8 Å². The quantitative estimate of drug-likeness (QED) is 0.174. The Labute approximate surface area is 195 Å². The van der Waals surface area contributed by atoms with Crippen molar-refractivity contribution in [3.63, 3.8) is 0 Å². The van der Waals surface area contributed by atoms with Crippen molar-refractivity contribution in [2.75, 3.05) is 5.32 Å². The second-order valence-corrected chi connectivity index (χ2v) is 8.57. The maximum absolute atomic E-state index is 12.6. The number of nitrogens with zero attached hydrogens (tertiary/aromatic N) is 3. The van der Waals surface area contributed by atoms with E-state index in [2.05, 4.69) is 23.4 Å². The molecule has 0 saturated carbocycles. The van der Waals surface area contributed by atoms with Crippen LogP contribution in [-0.4, -0.2) is 36.0 Å². The summed E-state index contributed by atoms with van der Waals surface area (Å²) in [6, 6.07) is 9.01. The number of nitro groups is 2. The highest BCUT2D eigenvalue weighted by molar-refractivity contribution is 7.78.